The summed E-state index contributed by atoms with van der Waals surface area (Å²) in [6, 6.07) is 5.98. The predicted octanol–water partition coefficient (Wildman–Crippen LogP) is 3.09. The maximum Gasteiger partial charge on any atom is 0.106 e. The zero-order valence-electron chi connectivity index (χ0n) is 8.00. The third-order valence-electron chi connectivity index (χ3n) is 2.19. The molecule has 0 amide bonds. The van der Waals surface area contributed by atoms with Gasteiger partial charge in [0.2, 0.25) is 0 Å². The zero-order chi connectivity index (χ0) is 9.97. The van der Waals surface area contributed by atoms with Gasteiger partial charge in [-0.1, -0.05) is 12.1 Å². The van der Waals surface area contributed by atoms with Gasteiger partial charge < -0.3 is 0 Å². The van der Waals surface area contributed by atoms with Crippen LogP contribution in [0.5, 0.6) is 0 Å². The highest BCUT2D eigenvalue weighted by atomic mass is 79.9. The highest BCUT2D eigenvalue weighted by Crippen LogP contribution is 2.21. The summed E-state index contributed by atoms with van der Waals surface area (Å²) in [5, 5.41) is 0. The van der Waals surface area contributed by atoms with E-state index in [1.165, 1.54) is 11.3 Å². The highest BCUT2D eigenvalue weighted by Gasteiger charge is 2.08. The third-order valence-corrected chi connectivity index (χ3v) is 2.63. The first-order chi connectivity index (χ1) is 6.75. The van der Waals surface area contributed by atoms with Crippen LogP contribution < -0.4 is 0 Å². The molecule has 0 unspecified atom stereocenters. The molecule has 3 heteroatoms. The number of nitrogens with zero attached hydrogens (tertiary/aromatic N) is 2. The lowest BCUT2D eigenvalue weighted by Gasteiger charge is -2.11. The Morgan fingerprint density at radius 3 is 2.93 bits per heavy atom. The molecule has 2 nitrogen and oxygen atoms in total. The lowest BCUT2D eigenvalue weighted by Crippen LogP contribution is -2.03. The number of halogens is 1. The van der Waals surface area contributed by atoms with Gasteiger partial charge in [-0.05, 0) is 40.6 Å². The Labute approximate surface area is 91.9 Å². The van der Waals surface area contributed by atoms with Crippen molar-refractivity contribution in [3.8, 4) is 0 Å². The molecular weight excluding hydrogens is 240 g/mol. The van der Waals surface area contributed by atoms with E-state index in [0.29, 0.717) is 0 Å². The van der Waals surface area contributed by atoms with Crippen molar-refractivity contribution >= 4 is 27.2 Å². The average Bonchev–Trinajstić information content (AvgIpc) is 2.18. The summed E-state index contributed by atoms with van der Waals surface area (Å²) < 4.78 is 0.885. The largest absolute Gasteiger partial charge is 0.290 e. The van der Waals surface area contributed by atoms with Crippen molar-refractivity contribution in [1.82, 2.24) is 4.98 Å². The Morgan fingerprint density at radius 1 is 1.36 bits per heavy atom. The van der Waals surface area contributed by atoms with Crippen molar-refractivity contribution in [2.75, 3.05) is 6.54 Å². The first-order valence-electron chi connectivity index (χ1n) is 4.57. The molecule has 0 aliphatic carbocycles. The third kappa shape index (κ3) is 2.10. The molecule has 0 spiro atoms. The number of aliphatic imine (C=N–C) groups is 1. The minimum atomic E-state index is 0.787. The molecule has 2 heterocycles. The van der Waals surface area contributed by atoms with Gasteiger partial charge >= 0.3 is 0 Å². The summed E-state index contributed by atoms with van der Waals surface area (Å²) in [5.41, 5.74) is 3.51. The van der Waals surface area contributed by atoms with E-state index in [2.05, 4.69) is 38.9 Å². The van der Waals surface area contributed by atoms with Crippen molar-refractivity contribution in [3.63, 3.8) is 0 Å². The molecule has 0 N–H and O–H groups in total. The minimum absolute atomic E-state index is 0.787. The number of allylic oxidation sites excluding steroid dienone is 1. The van der Waals surface area contributed by atoms with Crippen LogP contribution in [0.3, 0.4) is 0 Å². The van der Waals surface area contributed by atoms with Crippen molar-refractivity contribution in [2.45, 2.75) is 13.3 Å². The van der Waals surface area contributed by atoms with E-state index in [1.807, 2.05) is 18.2 Å². The summed E-state index contributed by atoms with van der Waals surface area (Å²) >= 11 is 3.38. The van der Waals surface area contributed by atoms with Crippen molar-refractivity contribution in [2.24, 2.45) is 4.99 Å². The quantitative estimate of drug-likeness (QED) is 0.704. The van der Waals surface area contributed by atoms with E-state index < -0.39 is 0 Å². The molecule has 0 fully saturated rings. The van der Waals surface area contributed by atoms with E-state index in [9.17, 15) is 0 Å². The topological polar surface area (TPSA) is 25.2 Å². The first kappa shape index (κ1) is 9.59. The summed E-state index contributed by atoms with van der Waals surface area (Å²) in [7, 11) is 0. The monoisotopic (exact) mass is 250 g/mol. The van der Waals surface area contributed by atoms with Gasteiger partial charge in [0, 0.05) is 12.1 Å². The SMILES string of the molecule is CC1=NCC=C(c2cccc(Br)n2)C1. The molecular formula is C11H11BrN2. The molecule has 0 radical (unpaired) electrons. The molecule has 0 saturated carbocycles. The zero-order valence-corrected chi connectivity index (χ0v) is 9.58. The van der Waals surface area contributed by atoms with Gasteiger partial charge in [-0.3, -0.25) is 4.99 Å². The average molecular weight is 251 g/mol. The number of dihydropyridines is 1. The number of rotatable bonds is 1. The first-order valence-corrected chi connectivity index (χ1v) is 5.37. The maximum absolute atomic E-state index is 4.42. The van der Waals surface area contributed by atoms with Crippen LogP contribution in [0.15, 0.2) is 33.9 Å². The molecule has 0 atom stereocenters. The molecule has 1 aliphatic rings. The molecule has 0 bridgehead atoms. The predicted molar refractivity (Wildman–Crippen MR) is 62.5 cm³/mol. The van der Waals surface area contributed by atoms with E-state index in [1.54, 1.807) is 0 Å². The Kier molecular flexibility index (Phi) is 2.77. The lowest BCUT2D eigenvalue weighted by molar-refractivity contribution is 1.13. The van der Waals surface area contributed by atoms with E-state index in [4.69, 9.17) is 0 Å². The van der Waals surface area contributed by atoms with Gasteiger partial charge in [0.25, 0.3) is 0 Å². The molecule has 2 rings (SSSR count). The van der Waals surface area contributed by atoms with Crippen molar-refractivity contribution < 1.29 is 0 Å². The van der Waals surface area contributed by atoms with Crippen molar-refractivity contribution in [1.29, 1.82) is 0 Å². The Bertz CT molecular complexity index is 408. The van der Waals surface area contributed by atoms with Crippen LogP contribution in [0.1, 0.15) is 19.0 Å². The fraction of sp³-hybridized carbons (Fsp3) is 0.273. The fourth-order valence-corrected chi connectivity index (χ4v) is 1.84. The van der Waals surface area contributed by atoms with Crippen LogP contribution in [0, 0.1) is 0 Å². The Morgan fingerprint density at radius 2 is 2.21 bits per heavy atom. The van der Waals surface area contributed by atoms with Gasteiger partial charge in [-0.15, -0.1) is 0 Å². The van der Waals surface area contributed by atoms with Gasteiger partial charge in [0.15, 0.2) is 0 Å². The van der Waals surface area contributed by atoms with E-state index in [-0.39, 0.29) is 0 Å². The van der Waals surface area contributed by atoms with Gasteiger partial charge in [-0.25, -0.2) is 4.98 Å². The van der Waals surface area contributed by atoms with Crippen LogP contribution in [-0.4, -0.2) is 17.2 Å². The van der Waals surface area contributed by atoms with Crippen LogP contribution >= 0.6 is 15.9 Å². The van der Waals surface area contributed by atoms with Gasteiger partial charge in [0.05, 0.1) is 12.2 Å². The van der Waals surface area contributed by atoms with Crippen LogP contribution in [-0.2, 0) is 0 Å². The van der Waals surface area contributed by atoms with E-state index in [0.717, 1.165) is 23.3 Å². The number of aromatic nitrogens is 1. The fourth-order valence-electron chi connectivity index (χ4n) is 1.50. The Hall–Kier alpha value is -0.960. The minimum Gasteiger partial charge on any atom is -0.290 e. The van der Waals surface area contributed by atoms with Gasteiger partial charge in [0.1, 0.15) is 4.60 Å². The molecule has 1 aromatic rings. The second-order valence-electron chi connectivity index (χ2n) is 3.33. The lowest BCUT2D eigenvalue weighted by atomic mass is 10.0. The smallest absolute Gasteiger partial charge is 0.106 e. The summed E-state index contributed by atoms with van der Waals surface area (Å²) in [6.07, 6.45) is 3.06. The van der Waals surface area contributed by atoms with E-state index >= 15 is 0 Å². The summed E-state index contributed by atoms with van der Waals surface area (Å²) in [6.45, 7) is 2.85. The number of pyridine rings is 1. The van der Waals surface area contributed by atoms with Crippen LogP contribution in [0.25, 0.3) is 5.57 Å². The molecule has 0 saturated heterocycles. The number of hydrogen-bond acceptors (Lipinski definition) is 2. The second-order valence-corrected chi connectivity index (χ2v) is 4.14. The standard InChI is InChI=1S/C11H11BrN2/c1-8-7-9(5-6-13-8)10-3-2-4-11(12)14-10/h2-5H,6-7H2,1H3. The summed E-state index contributed by atoms with van der Waals surface area (Å²) in [4.78, 5) is 8.75. The maximum atomic E-state index is 4.42. The molecule has 1 aromatic heterocycles. The normalized spacial score (nSPS) is 16.1. The van der Waals surface area contributed by atoms with Crippen molar-refractivity contribution in [3.05, 3.63) is 34.6 Å². The van der Waals surface area contributed by atoms with Crippen LogP contribution in [0.4, 0.5) is 0 Å². The highest BCUT2D eigenvalue weighted by molar-refractivity contribution is 9.10. The molecule has 14 heavy (non-hydrogen) atoms. The number of hydrogen-bond donors (Lipinski definition) is 0. The second kappa shape index (κ2) is 4.05. The molecule has 72 valence electrons. The Balaban J connectivity index is 2.28. The van der Waals surface area contributed by atoms with Crippen LogP contribution in [0.2, 0.25) is 0 Å². The van der Waals surface area contributed by atoms with Gasteiger partial charge in [-0.2, -0.15) is 0 Å². The molecule has 0 aromatic carbocycles. The molecule has 1 aliphatic heterocycles. The summed E-state index contributed by atoms with van der Waals surface area (Å²) in [5.74, 6) is 0.